The molecule has 1 atom stereocenters. The summed E-state index contributed by atoms with van der Waals surface area (Å²) in [5, 5.41) is 2.91. The quantitative estimate of drug-likeness (QED) is 0.549. The predicted molar refractivity (Wildman–Crippen MR) is 119 cm³/mol. The van der Waals surface area contributed by atoms with Crippen molar-refractivity contribution in [3.05, 3.63) is 78.6 Å². The van der Waals surface area contributed by atoms with Gasteiger partial charge in [0, 0.05) is 35.6 Å². The first-order valence-electron chi connectivity index (χ1n) is 10.2. The van der Waals surface area contributed by atoms with Crippen LogP contribution in [0.3, 0.4) is 0 Å². The minimum atomic E-state index is -0.179. The van der Waals surface area contributed by atoms with Crippen molar-refractivity contribution in [3.8, 4) is 11.3 Å². The molecule has 1 fully saturated rings. The van der Waals surface area contributed by atoms with E-state index in [4.69, 9.17) is 4.42 Å². The molecule has 2 aromatic carbocycles. The zero-order valence-electron chi connectivity index (χ0n) is 16.7. The first kappa shape index (κ1) is 19.1. The minimum Gasteiger partial charge on any atom is -0.457 e. The summed E-state index contributed by atoms with van der Waals surface area (Å²) in [5.74, 6) is 1.25. The summed E-state index contributed by atoms with van der Waals surface area (Å²) < 4.78 is 5.79. The standard InChI is InChI=1S/C25H26N2O2/c1-19-7-5-6-18-27(19)22-12-10-21(11-13-22)26-25(28)17-15-23-14-16-24(29-23)20-8-3-2-4-9-20/h2-4,8-17,19H,5-7,18H2,1H3,(H,26,28)/b17-15+. The lowest BCUT2D eigenvalue weighted by Crippen LogP contribution is -2.37. The van der Waals surface area contributed by atoms with Gasteiger partial charge in [0.25, 0.3) is 0 Å². The van der Waals surface area contributed by atoms with E-state index in [1.807, 2.05) is 54.6 Å². The van der Waals surface area contributed by atoms with Crippen LogP contribution in [0.5, 0.6) is 0 Å². The molecule has 3 aromatic rings. The van der Waals surface area contributed by atoms with E-state index in [9.17, 15) is 4.79 Å². The fraction of sp³-hybridized carbons (Fsp3) is 0.240. The Morgan fingerprint density at radius 2 is 1.83 bits per heavy atom. The molecule has 4 rings (SSSR count). The Kier molecular flexibility index (Phi) is 5.80. The van der Waals surface area contributed by atoms with Gasteiger partial charge < -0.3 is 14.6 Å². The van der Waals surface area contributed by atoms with Crippen molar-refractivity contribution in [2.24, 2.45) is 0 Å². The summed E-state index contributed by atoms with van der Waals surface area (Å²) in [7, 11) is 0. The predicted octanol–water partition coefficient (Wildman–Crippen LogP) is 5.98. The van der Waals surface area contributed by atoms with Gasteiger partial charge in [-0.2, -0.15) is 0 Å². The molecule has 0 bridgehead atoms. The third-order valence-electron chi connectivity index (χ3n) is 5.35. The molecule has 4 heteroatoms. The molecule has 0 saturated carbocycles. The number of anilines is 2. The highest BCUT2D eigenvalue weighted by atomic mass is 16.3. The zero-order valence-corrected chi connectivity index (χ0v) is 16.7. The molecule has 1 N–H and O–H groups in total. The van der Waals surface area contributed by atoms with Crippen LogP contribution < -0.4 is 10.2 Å². The first-order valence-corrected chi connectivity index (χ1v) is 10.2. The second-order valence-corrected chi connectivity index (χ2v) is 7.48. The van der Waals surface area contributed by atoms with E-state index in [0.717, 1.165) is 23.6 Å². The maximum Gasteiger partial charge on any atom is 0.248 e. The number of carbonyl (C=O) groups excluding carboxylic acids is 1. The van der Waals surface area contributed by atoms with E-state index in [2.05, 4.69) is 29.3 Å². The number of nitrogens with one attached hydrogen (secondary N) is 1. The first-order chi connectivity index (χ1) is 14.2. The Labute approximate surface area is 171 Å². The van der Waals surface area contributed by atoms with Gasteiger partial charge in [-0.3, -0.25) is 4.79 Å². The SMILES string of the molecule is CC1CCCCN1c1ccc(NC(=O)/C=C/c2ccc(-c3ccccc3)o2)cc1. The van der Waals surface area contributed by atoms with Crippen LogP contribution in [0.4, 0.5) is 11.4 Å². The molecule has 148 valence electrons. The molecule has 2 heterocycles. The third-order valence-corrected chi connectivity index (χ3v) is 5.35. The fourth-order valence-corrected chi connectivity index (χ4v) is 3.76. The maximum atomic E-state index is 12.3. The molecule has 0 spiro atoms. The van der Waals surface area contributed by atoms with Crippen LogP contribution in [-0.2, 0) is 4.79 Å². The van der Waals surface area contributed by atoms with Crippen LogP contribution in [-0.4, -0.2) is 18.5 Å². The highest BCUT2D eigenvalue weighted by Gasteiger charge is 2.18. The second kappa shape index (κ2) is 8.82. The van der Waals surface area contributed by atoms with Crippen molar-refractivity contribution in [2.75, 3.05) is 16.8 Å². The molecule has 4 nitrogen and oxygen atoms in total. The number of amides is 1. The zero-order chi connectivity index (χ0) is 20.1. The van der Waals surface area contributed by atoms with E-state index in [1.165, 1.54) is 31.0 Å². The molecule has 1 amide bonds. The van der Waals surface area contributed by atoms with E-state index in [0.29, 0.717) is 11.8 Å². The fourth-order valence-electron chi connectivity index (χ4n) is 3.76. The van der Waals surface area contributed by atoms with Crippen LogP contribution in [0.15, 0.2) is 77.2 Å². The summed E-state index contributed by atoms with van der Waals surface area (Å²) in [4.78, 5) is 14.7. The number of benzene rings is 2. The van der Waals surface area contributed by atoms with Crippen molar-refractivity contribution >= 4 is 23.4 Å². The number of furan rings is 1. The number of rotatable bonds is 5. The van der Waals surface area contributed by atoms with Crippen molar-refractivity contribution in [2.45, 2.75) is 32.2 Å². The largest absolute Gasteiger partial charge is 0.457 e. The Hall–Kier alpha value is -3.27. The Balaban J connectivity index is 1.35. The van der Waals surface area contributed by atoms with Gasteiger partial charge in [-0.05, 0) is 68.7 Å². The lowest BCUT2D eigenvalue weighted by molar-refractivity contribution is -0.111. The monoisotopic (exact) mass is 386 g/mol. The van der Waals surface area contributed by atoms with E-state index >= 15 is 0 Å². The average molecular weight is 386 g/mol. The summed E-state index contributed by atoms with van der Waals surface area (Å²) in [6.45, 7) is 3.38. The summed E-state index contributed by atoms with van der Waals surface area (Å²) >= 11 is 0. The topological polar surface area (TPSA) is 45.5 Å². The molecular weight excluding hydrogens is 360 g/mol. The van der Waals surface area contributed by atoms with Crippen LogP contribution in [0.1, 0.15) is 31.9 Å². The van der Waals surface area contributed by atoms with Crippen LogP contribution in [0, 0.1) is 0 Å². The maximum absolute atomic E-state index is 12.3. The third kappa shape index (κ3) is 4.77. The van der Waals surface area contributed by atoms with E-state index < -0.39 is 0 Å². The lowest BCUT2D eigenvalue weighted by atomic mass is 10.0. The van der Waals surface area contributed by atoms with Crippen LogP contribution in [0.25, 0.3) is 17.4 Å². The van der Waals surface area contributed by atoms with Gasteiger partial charge in [0.1, 0.15) is 11.5 Å². The van der Waals surface area contributed by atoms with Crippen molar-refractivity contribution < 1.29 is 9.21 Å². The van der Waals surface area contributed by atoms with Gasteiger partial charge >= 0.3 is 0 Å². The number of piperidine rings is 1. The molecule has 1 aliphatic heterocycles. The molecular formula is C25H26N2O2. The number of hydrogen-bond donors (Lipinski definition) is 1. The molecule has 0 aliphatic carbocycles. The summed E-state index contributed by atoms with van der Waals surface area (Å²) in [5.41, 5.74) is 3.02. The number of nitrogens with zero attached hydrogens (tertiary/aromatic N) is 1. The second-order valence-electron chi connectivity index (χ2n) is 7.48. The Morgan fingerprint density at radius 3 is 2.59 bits per heavy atom. The minimum absolute atomic E-state index is 0.179. The van der Waals surface area contributed by atoms with Gasteiger partial charge in [-0.15, -0.1) is 0 Å². The Morgan fingerprint density at radius 1 is 1.03 bits per heavy atom. The molecule has 29 heavy (non-hydrogen) atoms. The van der Waals surface area contributed by atoms with Crippen molar-refractivity contribution in [1.29, 1.82) is 0 Å². The highest BCUT2D eigenvalue weighted by Crippen LogP contribution is 2.26. The summed E-state index contributed by atoms with van der Waals surface area (Å²) in [6.07, 6.45) is 6.97. The normalized spacial score (nSPS) is 16.9. The molecule has 1 unspecified atom stereocenters. The molecule has 1 aliphatic rings. The molecule has 0 radical (unpaired) electrons. The smallest absolute Gasteiger partial charge is 0.248 e. The van der Waals surface area contributed by atoms with Gasteiger partial charge in [0.2, 0.25) is 5.91 Å². The number of hydrogen-bond acceptors (Lipinski definition) is 3. The van der Waals surface area contributed by atoms with Gasteiger partial charge in [0.05, 0.1) is 0 Å². The average Bonchev–Trinajstić information content (AvgIpc) is 3.23. The van der Waals surface area contributed by atoms with Crippen LogP contribution >= 0.6 is 0 Å². The van der Waals surface area contributed by atoms with Crippen molar-refractivity contribution in [3.63, 3.8) is 0 Å². The van der Waals surface area contributed by atoms with Crippen molar-refractivity contribution in [1.82, 2.24) is 0 Å². The number of carbonyl (C=O) groups is 1. The summed E-state index contributed by atoms with van der Waals surface area (Å²) in [6, 6.07) is 22.3. The lowest BCUT2D eigenvalue weighted by Gasteiger charge is -2.35. The van der Waals surface area contributed by atoms with Gasteiger partial charge in [-0.25, -0.2) is 0 Å². The Bertz CT molecular complexity index is 974. The van der Waals surface area contributed by atoms with E-state index in [-0.39, 0.29) is 5.91 Å². The van der Waals surface area contributed by atoms with E-state index in [1.54, 1.807) is 6.08 Å². The van der Waals surface area contributed by atoms with Gasteiger partial charge in [0.15, 0.2) is 0 Å². The molecule has 1 aromatic heterocycles. The van der Waals surface area contributed by atoms with Gasteiger partial charge in [-0.1, -0.05) is 30.3 Å². The molecule has 1 saturated heterocycles. The van der Waals surface area contributed by atoms with Crippen LogP contribution in [0.2, 0.25) is 0 Å². The highest BCUT2D eigenvalue weighted by molar-refractivity contribution is 6.01.